The summed E-state index contributed by atoms with van der Waals surface area (Å²) in [6.45, 7) is 6.28. The predicted octanol–water partition coefficient (Wildman–Crippen LogP) is 5.43. The average molecular weight is 483 g/mol. The number of aromatic nitrogens is 4. The molecule has 0 aliphatic rings. The van der Waals surface area contributed by atoms with Crippen molar-refractivity contribution in [3.8, 4) is 5.75 Å². The zero-order valence-electron chi connectivity index (χ0n) is 19.5. The van der Waals surface area contributed by atoms with Crippen molar-refractivity contribution in [3.63, 3.8) is 0 Å². The normalized spacial score (nSPS) is 10.9. The smallest absolute Gasteiger partial charge is 0.247 e. The molecule has 36 heavy (non-hydrogen) atoms. The van der Waals surface area contributed by atoms with Gasteiger partial charge in [0.25, 0.3) is 0 Å². The number of carbonyl (C=O) groups is 1. The Balaban J connectivity index is 1.46. The molecule has 0 fully saturated rings. The second-order valence-corrected chi connectivity index (χ2v) is 8.04. The van der Waals surface area contributed by atoms with Gasteiger partial charge in [-0.3, -0.25) is 9.48 Å². The third-order valence-electron chi connectivity index (χ3n) is 5.61. The Labute approximate surface area is 206 Å². The molecular formula is C27H23FN6O2. The first kappa shape index (κ1) is 23.0. The zero-order chi connectivity index (χ0) is 25.1. The molecule has 0 bridgehead atoms. The van der Waals surface area contributed by atoms with Gasteiger partial charge in [-0.15, -0.1) is 0 Å². The lowest BCUT2D eigenvalue weighted by Gasteiger charge is -2.14. The summed E-state index contributed by atoms with van der Waals surface area (Å²) in [5.74, 6) is 0.469. The molecule has 0 aliphatic heterocycles. The summed E-state index contributed by atoms with van der Waals surface area (Å²) in [6, 6.07) is 15.9. The van der Waals surface area contributed by atoms with Crippen LogP contribution in [0.15, 0.2) is 79.8 Å². The lowest BCUT2D eigenvalue weighted by atomic mass is 10.1. The topological polar surface area (TPSA) is 94.0 Å². The lowest BCUT2D eigenvalue weighted by Crippen LogP contribution is -2.09. The number of anilines is 3. The minimum Gasteiger partial charge on any atom is -0.492 e. The van der Waals surface area contributed by atoms with Crippen molar-refractivity contribution in [2.45, 2.75) is 13.5 Å². The summed E-state index contributed by atoms with van der Waals surface area (Å²) in [5, 5.41) is 12.2. The molecule has 2 N–H and O–H groups in total. The monoisotopic (exact) mass is 482 g/mol. The third kappa shape index (κ3) is 4.72. The highest BCUT2D eigenvalue weighted by atomic mass is 19.1. The molecule has 9 heteroatoms. The number of hydrogen-bond donors (Lipinski definition) is 2. The van der Waals surface area contributed by atoms with Crippen LogP contribution in [0, 0.1) is 5.82 Å². The van der Waals surface area contributed by atoms with Gasteiger partial charge in [0.1, 0.15) is 23.7 Å². The molecule has 0 spiro atoms. The van der Waals surface area contributed by atoms with Crippen molar-refractivity contribution in [2.24, 2.45) is 0 Å². The summed E-state index contributed by atoms with van der Waals surface area (Å²) in [6.07, 6.45) is 4.44. The minimum absolute atomic E-state index is 0.270. The van der Waals surface area contributed by atoms with E-state index in [0.717, 1.165) is 22.2 Å². The van der Waals surface area contributed by atoms with Gasteiger partial charge in [0.2, 0.25) is 5.91 Å². The number of amides is 1. The molecule has 1 amide bonds. The highest BCUT2D eigenvalue weighted by molar-refractivity contribution is 6.03. The van der Waals surface area contributed by atoms with Crippen molar-refractivity contribution >= 4 is 44.9 Å². The van der Waals surface area contributed by atoms with Crippen molar-refractivity contribution in [2.75, 3.05) is 17.2 Å². The van der Waals surface area contributed by atoms with E-state index in [2.05, 4.69) is 32.3 Å². The molecule has 0 atom stereocenters. The van der Waals surface area contributed by atoms with E-state index in [1.807, 2.05) is 35.9 Å². The van der Waals surface area contributed by atoms with E-state index in [4.69, 9.17) is 4.74 Å². The van der Waals surface area contributed by atoms with Gasteiger partial charge in [0.05, 0.1) is 36.1 Å². The first-order valence-corrected chi connectivity index (χ1v) is 11.4. The molecular weight excluding hydrogens is 459 g/mol. The Morgan fingerprint density at radius 2 is 2.06 bits per heavy atom. The van der Waals surface area contributed by atoms with Crippen LogP contribution in [0.3, 0.4) is 0 Å². The van der Waals surface area contributed by atoms with Gasteiger partial charge in [0.15, 0.2) is 0 Å². The van der Waals surface area contributed by atoms with Gasteiger partial charge in [-0.25, -0.2) is 14.4 Å². The SMILES string of the molecule is C=CC(=O)Nc1cc2c(Nc3ccc4c(cnn4Cc4cccc(F)c4)c3)ncnc2cc1OCC. The third-order valence-corrected chi connectivity index (χ3v) is 5.61. The molecule has 3 aromatic carbocycles. The van der Waals surface area contributed by atoms with Crippen LogP contribution < -0.4 is 15.4 Å². The second kappa shape index (κ2) is 9.83. The largest absolute Gasteiger partial charge is 0.492 e. The van der Waals surface area contributed by atoms with Crippen LogP contribution in [0.5, 0.6) is 5.75 Å². The number of carbonyl (C=O) groups excluding carboxylic acids is 1. The highest BCUT2D eigenvalue weighted by Crippen LogP contribution is 2.34. The molecule has 5 rings (SSSR count). The molecule has 0 radical (unpaired) electrons. The minimum atomic E-state index is -0.345. The summed E-state index contributed by atoms with van der Waals surface area (Å²) < 4.78 is 21.1. The van der Waals surface area contributed by atoms with E-state index >= 15 is 0 Å². The molecule has 0 aliphatic carbocycles. The number of ether oxygens (including phenoxy) is 1. The van der Waals surface area contributed by atoms with Crippen LogP contribution in [-0.2, 0) is 11.3 Å². The van der Waals surface area contributed by atoms with E-state index in [9.17, 15) is 9.18 Å². The quantitative estimate of drug-likeness (QED) is 0.286. The van der Waals surface area contributed by atoms with Gasteiger partial charge in [-0.05, 0) is 55.0 Å². The van der Waals surface area contributed by atoms with E-state index < -0.39 is 0 Å². The number of fused-ring (bicyclic) bond motifs is 2. The molecule has 0 saturated carbocycles. The second-order valence-electron chi connectivity index (χ2n) is 8.04. The first-order valence-electron chi connectivity index (χ1n) is 11.4. The number of hydrogen-bond acceptors (Lipinski definition) is 6. The Morgan fingerprint density at radius 3 is 2.86 bits per heavy atom. The van der Waals surface area contributed by atoms with Gasteiger partial charge in [0, 0.05) is 22.5 Å². The van der Waals surface area contributed by atoms with Crippen molar-refractivity contribution in [1.82, 2.24) is 19.7 Å². The number of nitrogens with zero attached hydrogens (tertiary/aromatic N) is 4. The standard InChI is InChI=1S/C27H23FN6O2/c1-3-26(35)33-23-12-21-22(13-25(23)36-4-2)29-16-30-27(21)32-20-8-9-24-18(11-20)14-31-34(24)15-17-6-5-7-19(28)10-17/h3,5-14,16H,1,4,15H2,2H3,(H,33,35)(H,29,30,32). The highest BCUT2D eigenvalue weighted by Gasteiger charge is 2.13. The number of benzene rings is 3. The van der Waals surface area contributed by atoms with Crippen LogP contribution in [0.2, 0.25) is 0 Å². The molecule has 8 nitrogen and oxygen atoms in total. The fourth-order valence-corrected chi connectivity index (χ4v) is 3.98. The number of halogens is 1. The van der Waals surface area contributed by atoms with E-state index in [0.29, 0.717) is 41.3 Å². The van der Waals surface area contributed by atoms with Crippen molar-refractivity contribution < 1.29 is 13.9 Å². The number of rotatable bonds is 8. The molecule has 2 aromatic heterocycles. The summed E-state index contributed by atoms with van der Waals surface area (Å²) in [5.41, 5.74) is 3.73. The lowest BCUT2D eigenvalue weighted by molar-refractivity contribution is -0.111. The predicted molar refractivity (Wildman–Crippen MR) is 138 cm³/mol. The maximum absolute atomic E-state index is 13.6. The Bertz CT molecular complexity index is 1600. The van der Waals surface area contributed by atoms with Crippen LogP contribution in [0.1, 0.15) is 12.5 Å². The van der Waals surface area contributed by atoms with Crippen LogP contribution in [0.25, 0.3) is 21.8 Å². The maximum Gasteiger partial charge on any atom is 0.247 e. The van der Waals surface area contributed by atoms with Crippen LogP contribution in [0.4, 0.5) is 21.6 Å². The van der Waals surface area contributed by atoms with E-state index in [1.54, 1.807) is 24.4 Å². The molecule has 0 unspecified atom stereocenters. The Morgan fingerprint density at radius 1 is 1.17 bits per heavy atom. The molecule has 0 saturated heterocycles. The van der Waals surface area contributed by atoms with Gasteiger partial charge >= 0.3 is 0 Å². The maximum atomic E-state index is 13.6. The van der Waals surface area contributed by atoms with Crippen molar-refractivity contribution in [1.29, 1.82) is 0 Å². The van der Waals surface area contributed by atoms with Crippen LogP contribution >= 0.6 is 0 Å². The first-order chi connectivity index (χ1) is 17.5. The zero-order valence-corrected chi connectivity index (χ0v) is 19.5. The average Bonchev–Trinajstić information content (AvgIpc) is 3.26. The van der Waals surface area contributed by atoms with Crippen LogP contribution in [-0.4, -0.2) is 32.3 Å². The van der Waals surface area contributed by atoms with E-state index in [1.165, 1.54) is 24.5 Å². The molecule has 180 valence electrons. The fourth-order valence-electron chi connectivity index (χ4n) is 3.98. The summed E-state index contributed by atoms with van der Waals surface area (Å²) >= 11 is 0. The summed E-state index contributed by atoms with van der Waals surface area (Å²) in [7, 11) is 0. The number of nitrogens with one attached hydrogen (secondary N) is 2. The van der Waals surface area contributed by atoms with Crippen molar-refractivity contribution in [3.05, 3.63) is 91.2 Å². The Hall–Kier alpha value is -4.79. The van der Waals surface area contributed by atoms with Gasteiger partial charge in [-0.2, -0.15) is 5.10 Å². The molecule has 2 heterocycles. The molecule has 5 aromatic rings. The fraction of sp³-hybridized carbons (Fsp3) is 0.111. The summed E-state index contributed by atoms with van der Waals surface area (Å²) in [4.78, 5) is 20.7. The Kier molecular flexibility index (Phi) is 6.27. The van der Waals surface area contributed by atoms with Gasteiger partial charge in [-0.1, -0.05) is 18.7 Å². The van der Waals surface area contributed by atoms with Gasteiger partial charge < -0.3 is 15.4 Å². The van der Waals surface area contributed by atoms with E-state index in [-0.39, 0.29) is 11.7 Å².